The van der Waals surface area contributed by atoms with E-state index >= 15 is 0 Å². The smallest absolute Gasteiger partial charge is 0.239 e. The second-order valence-electron chi connectivity index (χ2n) is 3.09. The number of fused-ring (bicyclic) bond motifs is 1. The Hall–Kier alpha value is -2.71. The molecule has 0 aromatic carbocycles. The molecule has 3 aromatic rings. The molecule has 0 saturated carbocycles. The molecule has 0 atom stereocenters. The maximum atomic E-state index is 5.66. The molecule has 0 saturated heterocycles. The molecular weight excluding hydrogens is 210 g/mol. The van der Waals surface area contributed by atoms with Crippen LogP contribution < -0.4 is 11.5 Å². The molecule has 6 N–H and O–H groups in total. The number of nitrogens with two attached hydrogens (primary N) is 2. The van der Waals surface area contributed by atoms with Crippen molar-refractivity contribution >= 4 is 22.9 Å². The average Bonchev–Trinajstić information content (AvgIpc) is 2.84. The molecule has 9 heteroatoms. The SMILES string of the molecule is Nc1n[nH]c(-c2nc3ncnc(N)c3[nH]2)n1. The Bertz CT molecular complexity index is 651. The Balaban J connectivity index is 2.22. The van der Waals surface area contributed by atoms with Crippen molar-refractivity contribution in [3.05, 3.63) is 6.33 Å². The van der Waals surface area contributed by atoms with Crippen LogP contribution in [-0.2, 0) is 0 Å². The van der Waals surface area contributed by atoms with Gasteiger partial charge >= 0.3 is 0 Å². The highest BCUT2D eigenvalue weighted by Gasteiger charge is 2.11. The summed E-state index contributed by atoms with van der Waals surface area (Å²) in [6, 6.07) is 0. The minimum Gasteiger partial charge on any atom is -0.382 e. The largest absolute Gasteiger partial charge is 0.382 e. The van der Waals surface area contributed by atoms with Gasteiger partial charge in [-0.15, -0.1) is 5.10 Å². The molecule has 0 aliphatic rings. The van der Waals surface area contributed by atoms with E-state index in [1.54, 1.807) is 0 Å². The number of aromatic amines is 2. The summed E-state index contributed by atoms with van der Waals surface area (Å²) in [4.78, 5) is 18.9. The number of nitrogens with one attached hydrogen (secondary N) is 2. The number of nitrogen functional groups attached to an aromatic ring is 2. The highest BCUT2D eigenvalue weighted by molar-refractivity contribution is 5.83. The zero-order valence-electron chi connectivity index (χ0n) is 7.97. The van der Waals surface area contributed by atoms with Crippen molar-refractivity contribution < 1.29 is 0 Å². The molecule has 0 amide bonds. The lowest BCUT2D eigenvalue weighted by molar-refractivity contribution is 1.09. The van der Waals surface area contributed by atoms with Crippen molar-refractivity contribution in [1.29, 1.82) is 0 Å². The molecule has 0 bridgehead atoms. The number of H-pyrrole nitrogens is 2. The second-order valence-corrected chi connectivity index (χ2v) is 3.09. The summed E-state index contributed by atoms with van der Waals surface area (Å²) in [7, 11) is 0. The summed E-state index contributed by atoms with van der Waals surface area (Å²) in [6.07, 6.45) is 1.34. The molecule has 9 nitrogen and oxygen atoms in total. The van der Waals surface area contributed by atoms with Crippen molar-refractivity contribution in [2.45, 2.75) is 0 Å². The van der Waals surface area contributed by atoms with Crippen LogP contribution in [0, 0.1) is 0 Å². The zero-order valence-corrected chi connectivity index (χ0v) is 7.97. The van der Waals surface area contributed by atoms with Gasteiger partial charge in [0.1, 0.15) is 11.8 Å². The molecule has 0 radical (unpaired) electrons. The van der Waals surface area contributed by atoms with E-state index in [1.165, 1.54) is 6.33 Å². The predicted molar refractivity (Wildman–Crippen MR) is 55.9 cm³/mol. The van der Waals surface area contributed by atoms with E-state index in [0.29, 0.717) is 28.6 Å². The quantitative estimate of drug-likeness (QED) is 0.421. The van der Waals surface area contributed by atoms with Crippen LogP contribution in [0.2, 0.25) is 0 Å². The molecule has 0 aliphatic carbocycles. The standard InChI is InChI=1S/C7H7N9/c8-3-2-4(11-1-10-3)13-5(12-2)6-14-7(9)16-15-6/h1H,(H3,9,14,15,16)(H3,8,10,11,12,13). The first kappa shape index (κ1) is 8.59. The van der Waals surface area contributed by atoms with Gasteiger partial charge < -0.3 is 16.5 Å². The Labute approximate surface area is 88.3 Å². The van der Waals surface area contributed by atoms with Crippen LogP contribution in [-0.4, -0.2) is 35.1 Å². The van der Waals surface area contributed by atoms with Crippen LogP contribution in [0.5, 0.6) is 0 Å². The minimum atomic E-state index is 0.148. The summed E-state index contributed by atoms with van der Waals surface area (Å²) < 4.78 is 0. The van der Waals surface area contributed by atoms with Gasteiger partial charge in [0.25, 0.3) is 0 Å². The lowest BCUT2D eigenvalue weighted by Crippen LogP contribution is -1.91. The summed E-state index contributed by atoms with van der Waals surface area (Å²) in [5.41, 5.74) is 12.1. The summed E-state index contributed by atoms with van der Waals surface area (Å²) >= 11 is 0. The first-order valence-corrected chi connectivity index (χ1v) is 4.38. The van der Waals surface area contributed by atoms with E-state index in [-0.39, 0.29) is 5.95 Å². The number of aromatic nitrogens is 7. The first-order chi connectivity index (χ1) is 7.74. The van der Waals surface area contributed by atoms with Crippen LogP contribution in [0.4, 0.5) is 11.8 Å². The van der Waals surface area contributed by atoms with E-state index < -0.39 is 0 Å². The van der Waals surface area contributed by atoms with Crippen molar-refractivity contribution in [3.8, 4) is 11.6 Å². The van der Waals surface area contributed by atoms with E-state index in [1.807, 2.05) is 0 Å². The van der Waals surface area contributed by atoms with Gasteiger partial charge in [-0.25, -0.2) is 15.0 Å². The molecule has 0 aliphatic heterocycles. The fourth-order valence-corrected chi connectivity index (χ4v) is 1.34. The molecule has 80 valence electrons. The van der Waals surface area contributed by atoms with E-state index in [4.69, 9.17) is 11.5 Å². The highest BCUT2D eigenvalue weighted by atomic mass is 15.3. The van der Waals surface area contributed by atoms with Crippen LogP contribution in [0.15, 0.2) is 6.33 Å². The third kappa shape index (κ3) is 1.15. The van der Waals surface area contributed by atoms with Crippen molar-refractivity contribution in [3.63, 3.8) is 0 Å². The topological polar surface area (TPSA) is 148 Å². The van der Waals surface area contributed by atoms with Gasteiger partial charge in [0.15, 0.2) is 23.1 Å². The lowest BCUT2D eigenvalue weighted by Gasteiger charge is -1.89. The highest BCUT2D eigenvalue weighted by Crippen LogP contribution is 2.18. The minimum absolute atomic E-state index is 0.148. The van der Waals surface area contributed by atoms with Gasteiger partial charge in [0, 0.05) is 0 Å². The van der Waals surface area contributed by atoms with Crippen LogP contribution in [0.25, 0.3) is 22.8 Å². The van der Waals surface area contributed by atoms with Crippen molar-refractivity contribution in [1.82, 2.24) is 35.1 Å². The Morgan fingerprint density at radius 3 is 2.62 bits per heavy atom. The second kappa shape index (κ2) is 2.89. The fraction of sp³-hybridized carbons (Fsp3) is 0. The van der Waals surface area contributed by atoms with Gasteiger partial charge in [0.05, 0.1) is 0 Å². The summed E-state index contributed by atoms with van der Waals surface area (Å²) in [5.74, 6) is 1.37. The van der Waals surface area contributed by atoms with Gasteiger partial charge in [-0.1, -0.05) is 0 Å². The number of imidazole rings is 1. The normalized spacial score (nSPS) is 11.0. The van der Waals surface area contributed by atoms with E-state index in [2.05, 4.69) is 35.1 Å². The monoisotopic (exact) mass is 217 g/mol. The van der Waals surface area contributed by atoms with Gasteiger partial charge in [-0.05, 0) is 0 Å². The zero-order chi connectivity index (χ0) is 11.1. The molecular formula is C7H7N9. The summed E-state index contributed by atoms with van der Waals surface area (Å²) in [6.45, 7) is 0. The number of nitrogens with zero attached hydrogens (tertiary/aromatic N) is 5. The molecule has 3 aromatic heterocycles. The molecule has 0 unspecified atom stereocenters. The molecule has 3 rings (SSSR count). The van der Waals surface area contributed by atoms with Gasteiger partial charge in [0.2, 0.25) is 5.95 Å². The predicted octanol–water partition coefficient (Wildman–Crippen LogP) is -0.698. The van der Waals surface area contributed by atoms with E-state index in [0.717, 1.165) is 0 Å². The number of rotatable bonds is 1. The third-order valence-corrected chi connectivity index (χ3v) is 2.04. The van der Waals surface area contributed by atoms with Gasteiger partial charge in [-0.2, -0.15) is 4.98 Å². The fourth-order valence-electron chi connectivity index (χ4n) is 1.34. The lowest BCUT2D eigenvalue weighted by atomic mass is 10.5. The Kier molecular flexibility index (Phi) is 1.55. The number of hydrogen-bond acceptors (Lipinski definition) is 7. The Morgan fingerprint density at radius 2 is 1.94 bits per heavy atom. The average molecular weight is 217 g/mol. The number of hydrogen-bond donors (Lipinski definition) is 4. The Morgan fingerprint density at radius 1 is 1.06 bits per heavy atom. The van der Waals surface area contributed by atoms with E-state index in [9.17, 15) is 0 Å². The maximum Gasteiger partial charge on any atom is 0.239 e. The van der Waals surface area contributed by atoms with Crippen molar-refractivity contribution in [2.24, 2.45) is 0 Å². The van der Waals surface area contributed by atoms with Crippen LogP contribution in [0.3, 0.4) is 0 Å². The first-order valence-electron chi connectivity index (χ1n) is 4.38. The molecule has 3 heterocycles. The van der Waals surface area contributed by atoms with Crippen LogP contribution >= 0.6 is 0 Å². The van der Waals surface area contributed by atoms with Crippen LogP contribution in [0.1, 0.15) is 0 Å². The van der Waals surface area contributed by atoms with Gasteiger partial charge in [-0.3, -0.25) is 5.10 Å². The maximum absolute atomic E-state index is 5.66. The number of anilines is 2. The summed E-state index contributed by atoms with van der Waals surface area (Å²) in [5, 5.41) is 6.33. The molecule has 0 fully saturated rings. The van der Waals surface area contributed by atoms with Crippen molar-refractivity contribution in [2.75, 3.05) is 11.5 Å². The molecule has 0 spiro atoms. The third-order valence-electron chi connectivity index (χ3n) is 2.04. The molecule has 16 heavy (non-hydrogen) atoms.